The molecule has 0 radical (unpaired) electrons. The van der Waals surface area contributed by atoms with Crippen LogP contribution in [0.15, 0.2) is 30.3 Å². The minimum Gasteiger partial charge on any atom is -0.408 e. The molecule has 0 fully saturated rings. The SMILES string of the molecule is O=C(Oc1c([N+](=O)[O-])cc(C(F)(F)F)cc1[N+](=O)[O-])c1ccc(Cl)c(Cl)c1. The summed E-state index contributed by atoms with van der Waals surface area (Å²) in [6.07, 6.45) is -5.10. The number of ether oxygens (including phenoxy) is 1. The van der Waals surface area contributed by atoms with E-state index in [1.54, 1.807) is 0 Å². The molecule has 2 aromatic carbocycles. The molecule has 2 aromatic rings. The summed E-state index contributed by atoms with van der Waals surface area (Å²) in [5.74, 6) is -2.56. The number of carbonyl (C=O) groups excluding carboxylic acids is 1. The Bertz CT molecular complexity index is 929. The van der Waals surface area contributed by atoms with Crippen molar-refractivity contribution in [1.29, 1.82) is 0 Å². The number of hydrogen-bond acceptors (Lipinski definition) is 6. The summed E-state index contributed by atoms with van der Waals surface area (Å²) in [6, 6.07) is 3.39. The lowest BCUT2D eigenvalue weighted by atomic mass is 10.1. The number of esters is 1. The van der Waals surface area contributed by atoms with Crippen LogP contribution in [0.1, 0.15) is 15.9 Å². The molecule has 0 aliphatic heterocycles. The van der Waals surface area contributed by atoms with Crippen molar-refractivity contribution in [3.63, 3.8) is 0 Å². The number of alkyl halides is 3. The predicted molar refractivity (Wildman–Crippen MR) is 86.2 cm³/mol. The normalized spacial score (nSPS) is 11.1. The molecule has 13 heteroatoms. The van der Waals surface area contributed by atoms with Crippen molar-refractivity contribution in [3.8, 4) is 5.75 Å². The number of benzene rings is 2. The standard InChI is InChI=1S/C14H5Cl2F3N2O6/c15-8-2-1-6(3-9(8)16)13(22)27-12-10(20(23)24)4-7(14(17,18)19)5-11(12)21(25)26/h1-5H. The van der Waals surface area contributed by atoms with E-state index in [9.17, 15) is 38.2 Å². The van der Waals surface area contributed by atoms with E-state index < -0.39 is 44.7 Å². The van der Waals surface area contributed by atoms with E-state index in [4.69, 9.17) is 23.2 Å². The third kappa shape index (κ3) is 4.44. The minimum atomic E-state index is -5.10. The maximum atomic E-state index is 12.8. The van der Waals surface area contributed by atoms with Gasteiger partial charge in [0.05, 0.1) is 31.0 Å². The molecule has 0 aliphatic rings. The molecule has 0 aromatic heterocycles. The maximum absolute atomic E-state index is 12.8. The average Bonchev–Trinajstić information content (AvgIpc) is 2.55. The molecule has 2 rings (SSSR count). The molecule has 8 nitrogen and oxygen atoms in total. The average molecular weight is 425 g/mol. The molecule has 0 unspecified atom stereocenters. The summed E-state index contributed by atoms with van der Waals surface area (Å²) < 4.78 is 43.2. The number of hydrogen-bond donors (Lipinski definition) is 0. The molecule has 0 N–H and O–H groups in total. The second-order valence-electron chi connectivity index (χ2n) is 4.87. The first-order valence-corrected chi connectivity index (χ1v) is 7.38. The first kappa shape index (κ1) is 20.4. The molecule has 0 amide bonds. The molecule has 0 saturated carbocycles. The van der Waals surface area contributed by atoms with Crippen LogP contribution in [0.4, 0.5) is 24.5 Å². The van der Waals surface area contributed by atoms with Gasteiger partial charge in [0.15, 0.2) is 0 Å². The van der Waals surface area contributed by atoms with Crippen molar-refractivity contribution in [1.82, 2.24) is 0 Å². The summed E-state index contributed by atoms with van der Waals surface area (Å²) in [5, 5.41) is 22.1. The van der Waals surface area contributed by atoms with Crippen LogP contribution in [-0.4, -0.2) is 15.8 Å². The number of nitrogens with zero attached hydrogens (tertiary/aromatic N) is 2. The van der Waals surface area contributed by atoms with Crippen LogP contribution >= 0.6 is 23.2 Å². The van der Waals surface area contributed by atoms with Gasteiger partial charge in [-0.2, -0.15) is 13.2 Å². The van der Waals surface area contributed by atoms with Crippen LogP contribution in [0, 0.1) is 20.2 Å². The zero-order valence-electron chi connectivity index (χ0n) is 12.6. The largest absolute Gasteiger partial charge is 0.416 e. The second-order valence-corrected chi connectivity index (χ2v) is 5.69. The molecular formula is C14H5Cl2F3N2O6. The number of halogens is 5. The van der Waals surface area contributed by atoms with Gasteiger partial charge in [0.1, 0.15) is 0 Å². The fraction of sp³-hybridized carbons (Fsp3) is 0.0714. The Kier molecular flexibility index (Phi) is 5.56. The Morgan fingerprint density at radius 3 is 1.89 bits per heavy atom. The third-order valence-electron chi connectivity index (χ3n) is 3.12. The first-order chi connectivity index (χ1) is 12.4. The van der Waals surface area contributed by atoms with E-state index in [0.717, 1.165) is 12.1 Å². The zero-order chi connectivity index (χ0) is 20.5. The first-order valence-electron chi connectivity index (χ1n) is 6.63. The number of carbonyl (C=O) groups is 1. The highest BCUT2D eigenvalue weighted by atomic mass is 35.5. The Hall–Kier alpha value is -2.92. The number of rotatable bonds is 4. The van der Waals surface area contributed by atoms with Gasteiger partial charge in [0.2, 0.25) is 0 Å². The van der Waals surface area contributed by atoms with Crippen LogP contribution in [0.5, 0.6) is 5.75 Å². The fourth-order valence-corrected chi connectivity index (χ4v) is 2.21. The summed E-state index contributed by atoms with van der Waals surface area (Å²) in [4.78, 5) is 31.6. The van der Waals surface area contributed by atoms with Gasteiger partial charge in [-0.15, -0.1) is 0 Å². The van der Waals surface area contributed by atoms with Gasteiger partial charge < -0.3 is 4.74 Å². The lowest BCUT2D eigenvalue weighted by Crippen LogP contribution is -2.13. The molecule has 0 bridgehead atoms. The lowest BCUT2D eigenvalue weighted by molar-refractivity contribution is -0.396. The summed E-state index contributed by atoms with van der Waals surface area (Å²) in [5.41, 5.74) is -4.72. The van der Waals surface area contributed by atoms with Gasteiger partial charge in [-0.1, -0.05) is 23.2 Å². The Morgan fingerprint density at radius 2 is 1.48 bits per heavy atom. The smallest absolute Gasteiger partial charge is 0.408 e. The number of nitro benzene ring substituents is 2. The van der Waals surface area contributed by atoms with E-state index in [-0.39, 0.29) is 27.7 Å². The highest BCUT2D eigenvalue weighted by Crippen LogP contribution is 2.43. The van der Waals surface area contributed by atoms with E-state index in [1.165, 1.54) is 6.07 Å². The van der Waals surface area contributed by atoms with E-state index in [0.29, 0.717) is 0 Å². The highest BCUT2D eigenvalue weighted by Gasteiger charge is 2.39. The van der Waals surface area contributed by atoms with Gasteiger partial charge in [-0.25, -0.2) is 4.79 Å². The van der Waals surface area contributed by atoms with Crippen molar-refractivity contribution >= 4 is 40.5 Å². The minimum absolute atomic E-state index is 0.0322. The number of nitro groups is 2. The molecular weight excluding hydrogens is 420 g/mol. The van der Waals surface area contributed by atoms with Crippen LogP contribution in [0.2, 0.25) is 10.0 Å². The van der Waals surface area contributed by atoms with Crippen LogP contribution < -0.4 is 4.74 Å². The van der Waals surface area contributed by atoms with Gasteiger partial charge in [0, 0.05) is 12.1 Å². The van der Waals surface area contributed by atoms with E-state index >= 15 is 0 Å². The summed E-state index contributed by atoms with van der Waals surface area (Å²) >= 11 is 11.4. The lowest BCUT2D eigenvalue weighted by Gasteiger charge is -2.10. The van der Waals surface area contributed by atoms with Crippen molar-refractivity contribution in [2.24, 2.45) is 0 Å². The molecule has 0 atom stereocenters. The third-order valence-corrected chi connectivity index (χ3v) is 3.86. The van der Waals surface area contributed by atoms with Gasteiger partial charge in [-0.05, 0) is 18.2 Å². The molecule has 0 aliphatic carbocycles. The van der Waals surface area contributed by atoms with Crippen LogP contribution in [0.25, 0.3) is 0 Å². The van der Waals surface area contributed by atoms with Crippen molar-refractivity contribution in [2.45, 2.75) is 6.18 Å². The van der Waals surface area contributed by atoms with E-state index in [2.05, 4.69) is 4.74 Å². The Morgan fingerprint density at radius 1 is 0.963 bits per heavy atom. The van der Waals surface area contributed by atoms with Gasteiger partial charge >= 0.3 is 23.5 Å². The van der Waals surface area contributed by atoms with Crippen molar-refractivity contribution in [3.05, 3.63) is 71.7 Å². The van der Waals surface area contributed by atoms with Crippen LogP contribution in [-0.2, 0) is 6.18 Å². The highest BCUT2D eigenvalue weighted by molar-refractivity contribution is 6.42. The molecule has 142 valence electrons. The molecule has 0 heterocycles. The van der Waals surface area contributed by atoms with E-state index in [1.807, 2.05) is 0 Å². The Balaban J connectivity index is 2.60. The van der Waals surface area contributed by atoms with Crippen molar-refractivity contribution in [2.75, 3.05) is 0 Å². The van der Waals surface area contributed by atoms with Gasteiger partial charge in [-0.3, -0.25) is 20.2 Å². The van der Waals surface area contributed by atoms with Crippen LogP contribution in [0.3, 0.4) is 0 Å². The van der Waals surface area contributed by atoms with Gasteiger partial charge in [0.25, 0.3) is 5.75 Å². The monoisotopic (exact) mass is 424 g/mol. The topological polar surface area (TPSA) is 113 Å². The second kappa shape index (κ2) is 7.37. The quantitative estimate of drug-likeness (QED) is 0.293. The molecule has 0 spiro atoms. The predicted octanol–water partition coefficient (Wildman–Crippen LogP) is 5.05. The zero-order valence-corrected chi connectivity index (χ0v) is 14.1. The summed E-state index contributed by atoms with van der Waals surface area (Å²) in [7, 11) is 0. The molecule has 27 heavy (non-hydrogen) atoms. The maximum Gasteiger partial charge on any atom is 0.416 e. The summed E-state index contributed by atoms with van der Waals surface area (Å²) in [6.45, 7) is 0. The van der Waals surface area contributed by atoms with Crippen molar-refractivity contribution < 1.29 is 32.5 Å². The molecule has 0 saturated heterocycles. The fourth-order valence-electron chi connectivity index (χ4n) is 1.91. The Labute approximate surface area is 157 Å².